The first-order chi connectivity index (χ1) is 11.6. The van der Waals surface area contributed by atoms with Crippen molar-refractivity contribution < 1.29 is 9.90 Å². The van der Waals surface area contributed by atoms with E-state index in [1.165, 1.54) is 77.0 Å². The molecule has 144 valence electrons. The molecule has 0 saturated carbocycles. The minimum absolute atomic E-state index is 0.127. The fourth-order valence-corrected chi connectivity index (χ4v) is 3.58. The SMILES string of the molecule is CCCCCCCCCCCCCCC(C)C(CCCC)C(=O)O. The van der Waals surface area contributed by atoms with Gasteiger partial charge in [-0.1, -0.05) is 111 Å². The molecule has 2 atom stereocenters. The third-order valence-corrected chi connectivity index (χ3v) is 5.39. The van der Waals surface area contributed by atoms with Crippen LogP contribution in [0.2, 0.25) is 0 Å². The number of rotatable bonds is 18. The summed E-state index contributed by atoms with van der Waals surface area (Å²) in [7, 11) is 0. The van der Waals surface area contributed by atoms with E-state index in [0.717, 1.165) is 25.7 Å². The van der Waals surface area contributed by atoms with Crippen LogP contribution in [0.5, 0.6) is 0 Å². The summed E-state index contributed by atoms with van der Waals surface area (Å²) in [5, 5.41) is 9.36. The van der Waals surface area contributed by atoms with Crippen LogP contribution in [-0.4, -0.2) is 11.1 Å². The predicted octanol–water partition coefficient (Wildman–Crippen LogP) is 7.60. The molecule has 0 aliphatic heterocycles. The van der Waals surface area contributed by atoms with E-state index in [9.17, 15) is 9.90 Å². The molecule has 0 spiro atoms. The first-order valence-electron chi connectivity index (χ1n) is 10.9. The molecular formula is C22H44O2. The third-order valence-electron chi connectivity index (χ3n) is 5.39. The van der Waals surface area contributed by atoms with Crippen molar-refractivity contribution in [3.05, 3.63) is 0 Å². The summed E-state index contributed by atoms with van der Waals surface area (Å²) in [6, 6.07) is 0. The van der Waals surface area contributed by atoms with Gasteiger partial charge in [0.15, 0.2) is 0 Å². The molecule has 0 rings (SSSR count). The minimum atomic E-state index is -0.588. The highest BCUT2D eigenvalue weighted by Gasteiger charge is 2.23. The lowest BCUT2D eigenvalue weighted by atomic mass is 9.85. The van der Waals surface area contributed by atoms with Crippen LogP contribution in [0.1, 0.15) is 124 Å². The van der Waals surface area contributed by atoms with Gasteiger partial charge in [-0.15, -0.1) is 0 Å². The second-order valence-corrected chi connectivity index (χ2v) is 7.74. The smallest absolute Gasteiger partial charge is 0.306 e. The second-order valence-electron chi connectivity index (χ2n) is 7.74. The Labute approximate surface area is 151 Å². The molecule has 0 aliphatic carbocycles. The average Bonchev–Trinajstić information content (AvgIpc) is 2.56. The van der Waals surface area contributed by atoms with Crippen LogP contribution in [0.3, 0.4) is 0 Å². The van der Waals surface area contributed by atoms with Gasteiger partial charge in [-0.25, -0.2) is 0 Å². The van der Waals surface area contributed by atoms with Gasteiger partial charge < -0.3 is 5.11 Å². The van der Waals surface area contributed by atoms with Crippen LogP contribution in [0.15, 0.2) is 0 Å². The molecule has 1 N–H and O–H groups in total. The standard InChI is InChI=1S/C22H44O2/c1-4-6-8-9-10-11-12-13-14-15-16-17-18-20(3)21(22(23)24)19-7-5-2/h20-21H,4-19H2,1-3H3,(H,23,24). The largest absolute Gasteiger partial charge is 0.481 e. The van der Waals surface area contributed by atoms with Gasteiger partial charge in [0.05, 0.1) is 5.92 Å². The quantitative estimate of drug-likeness (QED) is 0.261. The number of unbranched alkanes of at least 4 members (excludes halogenated alkanes) is 12. The van der Waals surface area contributed by atoms with E-state index in [1.807, 2.05) is 0 Å². The Hall–Kier alpha value is -0.530. The molecule has 0 amide bonds. The summed E-state index contributed by atoms with van der Waals surface area (Å²) in [5.41, 5.74) is 0. The van der Waals surface area contributed by atoms with Crippen molar-refractivity contribution in [2.75, 3.05) is 0 Å². The predicted molar refractivity (Wildman–Crippen MR) is 106 cm³/mol. The molecule has 24 heavy (non-hydrogen) atoms. The first kappa shape index (κ1) is 23.5. The van der Waals surface area contributed by atoms with Gasteiger partial charge in [-0.05, 0) is 18.8 Å². The Morgan fingerprint density at radius 2 is 1.08 bits per heavy atom. The van der Waals surface area contributed by atoms with Crippen molar-refractivity contribution >= 4 is 5.97 Å². The van der Waals surface area contributed by atoms with Crippen molar-refractivity contribution in [2.24, 2.45) is 11.8 Å². The fraction of sp³-hybridized carbons (Fsp3) is 0.955. The molecule has 0 radical (unpaired) electrons. The molecule has 0 aromatic heterocycles. The summed E-state index contributed by atoms with van der Waals surface area (Å²) >= 11 is 0. The summed E-state index contributed by atoms with van der Waals surface area (Å²) in [5.74, 6) is -0.385. The Bertz CT molecular complexity index is 275. The Morgan fingerprint density at radius 1 is 0.667 bits per heavy atom. The van der Waals surface area contributed by atoms with Gasteiger partial charge in [-0.3, -0.25) is 4.79 Å². The monoisotopic (exact) mass is 340 g/mol. The summed E-state index contributed by atoms with van der Waals surface area (Å²) in [4.78, 5) is 11.4. The van der Waals surface area contributed by atoms with Crippen molar-refractivity contribution in [3.63, 3.8) is 0 Å². The van der Waals surface area contributed by atoms with E-state index in [4.69, 9.17) is 0 Å². The van der Waals surface area contributed by atoms with Crippen molar-refractivity contribution in [1.82, 2.24) is 0 Å². The van der Waals surface area contributed by atoms with Crippen molar-refractivity contribution in [3.8, 4) is 0 Å². The first-order valence-corrected chi connectivity index (χ1v) is 10.9. The summed E-state index contributed by atoms with van der Waals surface area (Å²) < 4.78 is 0. The van der Waals surface area contributed by atoms with Gasteiger partial charge in [0, 0.05) is 0 Å². The second kappa shape index (κ2) is 17.3. The summed E-state index contributed by atoms with van der Waals surface area (Å²) in [6.45, 7) is 6.54. The highest BCUT2D eigenvalue weighted by Crippen LogP contribution is 2.24. The van der Waals surface area contributed by atoms with Gasteiger partial charge >= 0.3 is 5.97 Å². The number of hydrogen-bond donors (Lipinski definition) is 1. The molecule has 0 saturated heterocycles. The normalized spacial score (nSPS) is 13.8. The molecule has 2 nitrogen and oxygen atoms in total. The molecule has 0 bridgehead atoms. The van der Waals surface area contributed by atoms with Crippen molar-refractivity contribution in [1.29, 1.82) is 0 Å². The molecule has 0 aromatic rings. The fourth-order valence-electron chi connectivity index (χ4n) is 3.58. The molecular weight excluding hydrogens is 296 g/mol. The maximum atomic E-state index is 11.4. The lowest BCUT2D eigenvalue weighted by Gasteiger charge is -2.19. The average molecular weight is 341 g/mol. The lowest BCUT2D eigenvalue weighted by Crippen LogP contribution is -2.21. The maximum Gasteiger partial charge on any atom is 0.306 e. The third kappa shape index (κ3) is 13.9. The molecule has 0 heterocycles. The zero-order chi connectivity index (χ0) is 18.0. The maximum absolute atomic E-state index is 11.4. The Morgan fingerprint density at radius 3 is 1.50 bits per heavy atom. The zero-order valence-electron chi connectivity index (χ0n) is 16.8. The molecule has 2 heteroatoms. The van der Waals surface area contributed by atoms with Crippen LogP contribution in [0, 0.1) is 11.8 Å². The van der Waals surface area contributed by atoms with E-state index < -0.39 is 5.97 Å². The van der Waals surface area contributed by atoms with Gasteiger partial charge in [0.25, 0.3) is 0 Å². The molecule has 2 unspecified atom stereocenters. The van der Waals surface area contributed by atoms with E-state index in [1.54, 1.807) is 0 Å². The van der Waals surface area contributed by atoms with E-state index in [0.29, 0.717) is 5.92 Å². The van der Waals surface area contributed by atoms with Crippen LogP contribution in [-0.2, 0) is 4.79 Å². The molecule has 0 fully saturated rings. The van der Waals surface area contributed by atoms with Crippen molar-refractivity contribution in [2.45, 2.75) is 124 Å². The Balaban J connectivity index is 3.46. The van der Waals surface area contributed by atoms with Crippen LogP contribution < -0.4 is 0 Å². The highest BCUT2D eigenvalue weighted by atomic mass is 16.4. The van der Waals surface area contributed by atoms with Gasteiger partial charge in [0.2, 0.25) is 0 Å². The molecule has 0 aromatic carbocycles. The van der Waals surface area contributed by atoms with Gasteiger partial charge in [-0.2, -0.15) is 0 Å². The van der Waals surface area contributed by atoms with Crippen LogP contribution >= 0.6 is 0 Å². The zero-order valence-corrected chi connectivity index (χ0v) is 16.8. The lowest BCUT2D eigenvalue weighted by molar-refractivity contribution is -0.143. The number of hydrogen-bond acceptors (Lipinski definition) is 1. The number of aliphatic carboxylic acids is 1. The van der Waals surface area contributed by atoms with E-state index in [2.05, 4.69) is 20.8 Å². The van der Waals surface area contributed by atoms with Gasteiger partial charge in [0.1, 0.15) is 0 Å². The Kier molecular flexibility index (Phi) is 16.9. The van der Waals surface area contributed by atoms with E-state index in [-0.39, 0.29) is 5.92 Å². The van der Waals surface area contributed by atoms with Crippen LogP contribution in [0.25, 0.3) is 0 Å². The number of carboxylic acid groups (broad SMARTS) is 1. The van der Waals surface area contributed by atoms with Crippen LogP contribution in [0.4, 0.5) is 0 Å². The topological polar surface area (TPSA) is 37.3 Å². The summed E-state index contributed by atoms with van der Waals surface area (Å²) in [6.07, 6.45) is 20.5. The molecule has 0 aliphatic rings. The minimum Gasteiger partial charge on any atom is -0.481 e. The number of carboxylic acids is 1. The number of carbonyl (C=O) groups is 1. The van der Waals surface area contributed by atoms with E-state index >= 15 is 0 Å². The highest BCUT2D eigenvalue weighted by molar-refractivity contribution is 5.70.